The Hall–Kier alpha value is -0.870. The first-order chi connectivity index (χ1) is 9.20. The lowest BCUT2D eigenvalue weighted by Gasteiger charge is -2.35. The molecule has 1 N–H and O–H groups in total. The topological polar surface area (TPSA) is 33.1 Å². The van der Waals surface area contributed by atoms with Gasteiger partial charge in [0.2, 0.25) is 0 Å². The summed E-state index contributed by atoms with van der Waals surface area (Å²) in [6, 6.07) is 0.647. The molecule has 19 heavy (non-hydrogen) atoms. The van der Waals surface area contributed by atoms with Crippen LogP contribution in [0.3, 0.4) is 0 Å². The van der Waals surface area contributed by atoms with E-state index in [9.17, 15) is 0 Å². The molecular formula is C15H28N4. The molecule has 0 saturated carbocycles. The van der Waals surface area contributed by atoms with Gasteiger partial charge >= 0.3 is 0 Å². The van der Waals surface area contributed by atoms with Crippen LogP contribution in [0.4, 0.5) is 0 Å². The van der Waals surface area contributed by atoms with Gasteiger partial charge in [-0.2, -0.15) is 0 Å². The molecule has 0 bridgehead atoms. The zero-order chi connectivity index (χ0) is 13.7. The van der Waals surface area contributed by atoms with E-state index in [2.05, 4.69) is 46.7 Å². The second kappa shape index (κ2) is 7.06. The summed E-state index contributed by atoms with van der Waals surface area (Å²) >= 11 is 0. The number of aromatic nitrogens is 2. The Kier molecular flexibility index (Phi) is 5.40. The molecule has 1 unspecified atom stereocenters. The van der Waals surface area contributed by atoms with Crippen LogP contribution >= 0.6 is 0 Å². The highest BCUT2D eigenvalue weighted by atomic mass is 15.3. The second-order valence-electron chi connectivity index (χ2n) is 6.00. The van der Waals surface area contributed by atoms with Crippen LogP contribution in [0.2, 0.25) is 0 Å². The van der Waals surface area contributed by atoms with Crippen molar-refractivity contribution in [3.8, 4) is 0 Å². The summed E-state index contributed by atoms with van der Waals surface area (Å²) in [6.45, 7) is 12.3. The zero-order valence-electron chi connectivity index (χ0n) is 12.6. The molecular weight excluding hydrogens is 236 g/mol. The number of hydrogen-bond donors (Lipinski definition) is 1. The van der Waals surface area contributed by atoms with Gasteiger partial charge in [0.15, 0.2) is 0 Å². The minimum Gasteiger partial charge on any atom is -0.333 e. The van der Waals surface area contributed by atoms with E-state index in [4.69, 9.17) is 0 Å². The summed E-state index contributed by atoms with van der Waals surface area (Å²) in [4.78, 5) is 7.06. The van der Waals surface area contributed by atoms with Crippen LogP contribution in [0.1, 0.15) is 39.4 Å². The SMILES string of the molecule is CCCC(CNCC(C)C)N1CCn2ccnc2C1. The van der Waals surface area contributed by atoms with Crippen LogP contribution in [-0.4, -0.2) is 40.1 Å². The van der Waals surface area contributed by atoms with Gasteiger partial charge in [0.25, 0.3) is 0 Å². The van der Waals surface area contributed by atoms with E-state index in [1.54, 1.807) is 0 Å². The monoisotopic (exact) mass is 264 g/mol. The van der Waals surface area contributed by atoms with Crippen LogP contribution in [-0.2, 0) is 13.1 Å². The highest BCUT2D eigenvalue weighted by molar-refractivity contribution is 4.96. The largest absolute Gasteiger partial charge is 0.333 e. The van der Waals surface area contributed by atoms with Crippen molar-refractivity contribution in [2.45, 2.75) is 52.7 Å². The molecule has 0 aliphatic carbocycles. The van der Waals surface area contributed by atoms with Gasteiger partial charge in [-0.1, -0.05) is 27.2 Å². The highest BCUT2D eigenvalue weighted by Gasteiger charge is 2.23. The summed E-state index contributed by atoms with van der Waals surface area (Å²) in [5.74, 6) is 1.94. The second-order valence-corrected chi connectivity index (χ2v) is 6.00. The van der Waals surface area contributed by atoms with Gasteiger partial charge in [-0.3, -0.25) is 4.90 Å². The average molecular weight is 264 g/mol. The van der Waals surface area contributed by atoms with Crippen LogP contribution in [0.15, 0.2) is 12.4 Å². The van der Waals surface area contributed by atoms with Crippen LogP contribution in [0.5, 0.6) is 0 Å². The number of nitrogens with zero attached hydrogens (tertiary/aromatic N) is 3. The lowest BCUT2D eigenvalue weighted by molar-refractivity contribution is 0.140. The van der Waals surface area contributed by atoms with E-state index in [1.165, 1.54) is 18.7 Å². The van der Waals surface area contributed by atoms with Gasteiger partial charge in [-0.05, 0) is 18.9 Å². The van der Waals surface area contributed by atoms with Crippen molar-refractivity contribution in [1.82, 2.24) is 19.8 Å². The minimum atomic E-state index is 0.647. The lowest BCUT2D eigenvalue weighted by atomic mass is 10.1. The third kappa shape index (κ3) is 4.05. The molecule has 0 aromatic carbocycles. The minimum absolute atomic E-state index is 0.647. The maximum Gasteiger partial charge on any atom is 0.122 e. The molecule has 108 valence electrons. The molecule has 1 aliphatic rings. The molecule has 4 heteroatoms. The van der Waals surface area contributed by atoms with E-state index in [0.717, 1.165) is 38.6 Å². The maximum absolute atomic E-state index is 4.46. The molecule has 1 atom stereocenters. The zero-order valence-corrected chi connectivity index (χ0v) is 12.6. The predicted octanol–water partition coefficient (Wildman–Crippen LogP) is 2.11. The third-order valence-electron chi connectivity index (χ3n) is 3.85. The average Bonchev–Trinajstić information content (AvgIpc) is 2.84. The van der Waals surface area contributed by atoms with E-state index in [0.29, 0.717) is 6.04 Å². The van der Waals surface area contributed by atoms with Crippen molar-refractivity contribution in [3.05, 3.63) is 18.2 Å². The summed E-state index contributed by atoms with van der Waals surface area (Å²) in [6.07, 6.45) is 6.54. The number of fused-ring (bicyclic) bond motifs is 1. The van der Waals surface area contributed by atoms with E-state index in [1.807, 2.05) is 6.20 Å². The molecule has 1 aromatic rings. The van der Waals surface area contributed by atoms with Gasteiger partial charge in [-0.25, -0.2) is 4.98 Å². The number of nitrogens with one attached hydrogen (secondary N) is 1. The number of imidazole rings is 1. The molecule has 0 spiro atoms. The Labute approximate surface area is 117 Å². The standard InChI is InChI=1S/C15H28N4/c1-4-5-14(11-16-10-13(2)3)19-9-8-18-7-6-17-15(18)12-19/h6-7,13-14,16H,4-5,8-12H2,1-3H3. The maximum atomic E-state index is 4.46. The summed E-state index contributed by atoms with van der Waals surface area (Å²) in [5.41, 5.74) is 0. The lowest BCUT2D eigenvalue weighted by Crippen LogP contribution is -2.46. The summed E-state index contributed by atoms with van der Waals surface area (Å²) < 4.78 is 2.28. The summed E-state index contributed by atoms with van der Waals surface area (Å²) in [7, 11) is 0. The Morgan fingerprint density at radius 3 is 2.89 bits per heavy atom. The fourth-order valence-corrected chi connectivity index (χ4v) is 2.79. The fourth-order valence-electron chi connectivity index (χ4n) is 2.79. The molecule has 0 amide bonds. The molecule has 2 heterocycles. The van der Waals surface area contributed by atoms with Crippen molar-refractivity contribution in [2.24, 2.45) is 5.92 Å². The van der Waals surface area contributed by atoms with E-state index >= 15 is 0 Å². The first kappa shape index (κ1) is 14.5. The first-order valence-electron chi connectivity index (χ1n) is 7.65. The van der Waals surface area contributed by atoms with Gasteiger partial charge < -0.3 is 9.88 Å². The Balaban J connectivity index is 1.88. The third-order valence-corrected chi connectivity index (χ3v) is 3.85. The smallest absolute Gasteiger partial charge is 0.122 e. The fraction of sp³-hybridized carbons (Fsp3) is 0.800. The normalized spacial score (nSPS) is 17.7. The first-order valence-corrected chi connectivity index (χ1v) is 7.65. The van der Waals surface area contributed by atoms with E-state index in [-0.39, 0.29) is 0 Å². The van der Waals surface area contributed by atoms with Crippen LogP contribution in [0.25, 0.3) is 0 Å². The Morgan fingerprint density at radius 2 is 2.16 bits per heavy atom. The highest BCUT2D eigenvalue weighted by Crippen LogP contribution is 2.16. The van der Waals surface area contributed by atoms with Gasteiger partial charge in [0.1, 0.15) is 5.82 Å². The molecule has 1 aliphatic heterocycles. The van der Waals surface area contributed by atoms with Crippen molar-refractivity contribution < 1.29 is 0 Å². The van der Waals surface area contributed by atoms with Gasteiger partial charge in [-0.15, -0.1) is 0 Å². The molecule has 0 fully saturated rings. The summed E-state index contributed by atoms with van der Waals surface area (Å²) in [5, 5.41) is 3.62. The van der Waals surface area contributed by atoms with Crippen molar-refractivity contribution in [3.63, 3.8) is 0 Å². The molecule has 1 aromatic heterocycles. The molecule has 0 radical (unpaired) electrons. The Bertz CT molecular complexity index is 372. The van der Waals surface area contributed by atoms with Gasteiger partial charge in [0.05, 0.1) is 6.54 Å². The molecule has 0 saturated heterocycles. The number of rotatable bonds is 7. The predicted molar refractivity (Wildman–Crippen MR) is 79.0 cm³/mol. The molecule has 4 nitrogen and oxygen atoms in total. The number of hydrogen-bond acceptors (Lipinski definition) is 3. The molecule has 2 rings (SSSR count). The van der Waals surface area contributed by atoms with Gasteiger partial charge in [0, 0.05) is 38.1 Å². The Morgan fingerprint density at radius 1 is 1.32 bits per heavy atom. The van der Waals surface area contributed by atoms with Crippen molar-refractivity contribution >= 4 is 0 Å². The quantitative estimate of drug-likeness (QED) is 0.819. The van der Waals surface area contributed by atoms with Crippen LogP contribution in [0, 0.1) is 5.92 Å². The van der Waals surface area contributed by atoms with Crippen LogP contribution < -0.4 is 5.32 Å². The van der Waals surface area contributed by atoms with Crippen molar-refractivity contribution in [1.29, 1.82) is 0 Å². The van der Waals surface area contributed by atoms with Crippen molar-refractivity contribution in [2.75, 3.05) is 19.6 Å². The van der Waals surface area contributed by atoms with E-state index < -0.39 is 0 Å².